The number of hydrogen-bond acceptors (Lipinski definition) is 3. The quantitative estimate of drug-likeness (QED) is 0.783. The number of piperidine rings is 1. The van der Waals surface area contributed by atoms with E-state index in [0.29, 0.717) is 12.0 Å². The van der Waals surface area contributed by atoms with Crippen LogP contribution in [0.15, 0.2) is 24.3 Å². The molecule has 0 spiro atoms. The Morgan fingerprint density at radius 2 is 2.06 bits per heavy atom. The minimum absolute atomic E-state index is 0.338. The molecule has 2 rings (SSSR count). The van der Waals surface area contributed by atoms with Crippen molar-refractivity contribution in [2.75, 3.05) is 18.8 Å². The molecule has 1 heterocycles. The van der Waals surface area contributed by atoms with Gasteiger partial charge in [0.2, 0.25) is 0 Å². The summed E-state index contributed by atoms with van der Waals surface area (Å²) in [5, 5.41) is 0. The molecule has 1 fully saturated rings. The van der Waals surface area contributed by atoms with E-state index >= 15 is 0 Å². The zero-order valence-corrected chi connectivity index (χ0v) is 10.6. The van der Waals surface area contributed by atoms with E-state index in [1.165, 1.54) is 18.4 Å². The van der Waals surface area contributed by atoms with Crippen LogP contribution in [0.25, 0.3) is 0 Å². The maximum Gasteiger partial charge on any atom is 0.0317 e. The lowest BCUT2D eigenvalue weighted by molar-refractivity contribution is 0.166. The predicted octanol–water partition coefficient (Wildman–Crippen LogP) is 1.83. The molecule has 1 aromatic rings. The van der Waals surface area contributed by atoms with Gasteiger partial charge in [0.1, 0.15) is 0 Å². The van der Waals surface area contributed by atoms with Crippen molar-refractivity contribution < 1.29 is 0 Å². The van der Waals surface area contributed by atoms with Crippen molar-refractivity contribution in [2.24, 2.45) is 11.7 Å². The summed E-state index contributed by atoms with van der Waals surface area (Å²) in [6.07, 6.45) is 2.44. The van der Waals surface area contributed by atoms with Crippen LogP contribution in [0.1, 0.15) is 25.3 Å². The highest BCUT2D eigenvalue weighted by Crippen LogP contribution is 2.21. The molecule has 0 saturated carbocycles. The van der Waals surface area contributed by atoms with Gasteiger partial charge < -0.3 is 11.5 Å². The zero-order chi connectivity index (χ0) is 12.3. The van der Waals surface area contributed by atoms with Crippen LogP contribution in [-0.2, 0) is 6.54 Å². The molecule has 0 aliphatic carbocycles. The van der Waals surface area contributed by atoms with Crippen molar-refractivity contribution in [1.29, 1.82) is 0 Å². The molecule has 3 heteroatoms. The van der Waals surface area contributed by atoms with E-state index in [1.807, 2.05) is 12.1 Å². The fourth-order valence-electron chi connectivity index (χ4n) is 2.59. The maximum atomic E-state index is 5.95. The third kappa shape index (κ3) is 3.45. The molecule has 0 bridgehead atoms. The van der Waals surface area contributed by atoms with Crippen LogP contribution in [-0.4, -0.2) is 24.0 Å². The molecule has 1 saturated heterocycles. The standard InChI is InChI=1S/C14H23N3/c1-11(15)13-5-7-17(8-6-13)10-12-3-2-4-14(16)9-12/h2-4,9,11,13H,5-8,10,15-16H2,1H3. The van der Waals surface area contributed by atoms with Gasteiger partial charge in [-0.3, -0.25) is 4.90 Å². The van der Waals surface area contributed by atoms with Gasteiger partial charge in [0.15, 0.2) is 0 Å². The van der Waals surface area contributed by atoms with Gasteiger partial charge in [0.05, 0.1) is 0 Å². The second-order valence-electron chi connectivity index (χ2n) is 5.22. The molecular weight excluding hydrogens is 210 g/mol. The molecule has 1 aliphatic rings. The zero-order valence-electron chi connectivity index (χ0n) is 10.6. The second-order valence-corrected chi connectivity index (χ2v) is 5.22. The van der Waals surface area contributed by atoms with Crippen LogP contribution in [0.5, 0.6) is 0 Å². The van der Waals surface area contributed by atoms with Gasteiger partial charge in [-0.1, -0.05) is 12.1 Å². The summed E-state index contributed by atoms with van der Waals surface area (Å²) < 4.78 is 0. The Labute approximate surface area is 104 Å². The number of anilines is 1. The summed E-state index contributed by atoms with van der Waals surface area (Å²) in [5.41, 5.74) is 13.9. The number of nitrogen functional groups attached to an aromatic ring is 1. The normalized spacial score (nSPS) is 20.4. The monoisotopic (exact) mass is 233 g/mol. The van der Waals surface area contributed by atoms with E-state index in [2.05, 4.69) is 24.0 Å². The highest BCUT2D eigenvalue weighted by atomic mass is 15.1. The molecule has 1 atom stereocenters. The third-order valence-electron chi connectivity index (χ3n) is 3.73. The van der Waals surface area contributed by atoms with Gasteiger partial charge in [-0.05, 0) is 56.5 Å². The predicted molar refractivity (Wildman–Crippen MR) is 72.5 cm³/mol. The van der Waals surface area contributed by atoms with E-state index in [-0.39, 0.29) is 0 Å². The van der Waals surface area contributed by atoms with Crippen LogP contribution in [0.3, 0.4) is 0 Å². The number of nitrogens with zero attached hydrogens (tertiary/aromatic N) is 1. The van der Waals surface area contributed by atoms with Gasteiger partial charge in [-0.15, -0.1) is 0 Å². The first-order valence-electron chi connectivity index (χ1n) is 6.47. The molecule has 94 valence electrons. The summed E-state index contributed by atoms with van der Waals surface area (Å²) in [4.78, 5) is 2.49. The van der Waals surface area contributed by atoms with Gasteiger partial charge in [0, 0.05) is 18.3 Å². The largest absolute Gasteiger partial charge is 0.399 e. The number of hydrogen-bond donors (Lipinski definition) is 2. The molecule has 1 aromatic carbocycles. The van der Waals surface area contributed by atoms with Gasteiger partial charge in [-0.2, -0.15) is 0 Å². The Hall–Kier alpha value is -1.06. The molecule has 17 heavy (non-hydrogen) atoms. The first-order valence-corrected chi connectivity index (χ1v) is 6.47. The van der Waals surface area contributed by atoms with Crippen LogP contribution >= 0.6 is 0 Å². The van der Waals surface area contributed by atoms with E-state index in [4.69, 9.17) is 11.5 Å². The lowest BCUT2D eigenvalue weighted by Crippen LogP contribution is -2.39. The van der Waals surface area contributed by atoms with Crippen molar-refractivity contribution >= 4 is 5.69 Å². The number of likely N-dealkylation sites (tertiary alicyclic amines) is 1. The summed E-state index contributed by atoms with van der Waals surface area (Å²) in [6, 6.07) is 8.51. The lowest BCUT2D eigenvalue weighted by atomic mass is 9.91. The van der Waals surface area contributed by atoms with Crippen molar-refractivity contribution in [2.45, 2.75) is 32.4 Å². The molecular formula is C14H23N3. The highest BCUT2D eigenvalue weighted by Gasteiger charge is 2.21. The summed E-state index contributed by atoms with van der Waals surface area (Å²) in [6.45, 7) is 5.44. The number of nitrogens with two attached hydrogens (primary N) is 2. The highest BCUT2D eigenvalue weighted by molar-refractivity contribution is 5.40. The first kappa shape index (κ1) is 12.4. The molecule has 3 nitrogen and oxygen atoms in total. The van der Waals surface area contributed by atoms with Gasteiger partial charge in [-0.25, -0.2) is 0 Å². The van der Waals surface area contributed by atoms with Crippen LogP contribution in [0.4, 0.5) is 5.69 Å². The molecule has 0 amide bonds. The number of rotatable bonds is 3. The Morgan fingerprint density at radius 1 is 1.35 bits per heavy atom. The van der Waals surface area contributed by atoms with Crippen LogP contribution < -0.4 is 11.5 Å². The topological polar surface area (TPSA) is 55.3 Å². The Balaban J connectivity index is 1.86. The van der Waals surface area contributed by atoms with Crippen LogP contribution in [0, 0.1) is 5.92 Å². The second kappa shape index (κ2) is 5.52. The van der Waals surface area contributed by atoms with Crippen molar-refractivity contribution in [3.05, 3.63) is 29.8 Å². The average Bonchev–Trinajstić information content (AvgIpc) is 2.29. The SMILES string of the molecule is CC(N)C1CCN(Cc2cccc(N)c2)CC1. The first-order chi connectivity index (χ1) is 8.15. The Bertz CT molecular complexity index is 354. The lowest BCUT2D eigenvalue weighted by Gasteiger charge is -2.33. The molecule has 1 aliphatic heterocycles. The van der Waals surface area contributed by atoms with Crippen molar-refractivity contribution in [3.8, 4) is 0 Å². The van der Waals surface area contributed by atoms with Crippen molar-refractivity contribution in [1.82, 2.24) is 4.90 Å². The van der Waals surface area contributed by atoms with E-state index < -0.39 is 0 Å². The molecule has 1 unspecified atom stereocenters. The van der Waals surface area contributed by atoms with Gasteiger partial charge >= 0.3 is 0 Å². The smallest absolute Gasteiger partial charge is 0.0317 e. The molecule has 4 N–H and O–H groups in total. The minimum Gasteiger partial charge on any atom is -0.399 e. The summed E-state index contributed by atoms with van der Waals surface area (Å²) in [7, 11) is 0. The Morgan fingerprint density at radius 3 is 2.65 bits per heavy atom. The average molecular weight is 233 g/mol. The molecule has 0 aromatic heterocycles. The Kier molecular flexibility index (Phi) is 4.02. The maximum absolute atomic E-state index is 5.95. The van der Waals surface area contributed by atoms with Crippen molar-refractivity contribution in [3.63, 3.8) is 0 Å². The summed E-state index contributed by atoms with van der Waals surface area (Å²) in [5.74, 6) is 0.701. The van der Waals surface area contributed by atoms with E-state index in [1.54, 1.807) is 0 Å². The fraction of sp³-hybridized carbons (Fsp3) is 0.571. The van der Waals surface area contributed by atoms with Gasteiger partial charge in [0.25, 0.3) is 0 Å². The summed E-state index contributed by atoms with van der Waals surface area (Å²) >= 11 is 0. The molecule has 0 radical (unpaired) electrons. The fourth-order valence-corrected chi connectivity index (χ4v) is 2.59. The van der Waals surface area contributed by atoms with E-state index in [9.17, 15) is 0 Å². The van der Waals surface area contributed by atoms with E-state index in [0.717, 1.165) is 25.3 Å². The van der Waals surface area contributed by atoms with Crippen LogP contribution in [0.2, 0.25) is 0 Å². The third-order valence-corrected chi connectivity index (χ3v) is 3.73. The number of benzene rings is 1. The minimum atomic E-state index is 0.338.